The molecule has 10 amide bonds. The number of anilines is 1. The van der Waals surface area contributed by atoms with Gasteiger partial charge in [-0.25, -0.2) is 20.3 Å². The molecule has 0 bridgehead atoms. The Kier molecular flexibility index (Phi) is 30.4. The lowest BCUT2D eigenvalue weighted by molar-refractivity contribution is -0.148. The van der Waals surface area contributed by atoms with Gasteiger partial charge in [-0.1, -0.05) is 111 Å². The van der Waals surface area contributed by atoms with Crippen LogP contribution in [0.5, 0.6) is 0 Å². The zero-order valence-corrected chi connectivity index (χ0v) is 52.2. The zero-order chi connectivity index (χ0) is 64.5. The van der Waals surface area contributed by atoms with Crippen LogP contribution < -0.4 is 43.5 Å². The summed E-state index contributed by atoms with van der Waals surface area (Å²) < 4.78 is 17.6. The molecule has 1 aliphatic heterocycles. The van der Waals surface area contributed by atoms with E-state index < -0.39 is 132 Å². The second-order valence-electron chi connectivity index (χ2n) is 23.0. The molecule has 11 atom stereocenters. The van der Waals surface area contributed by atoms with Crippen LogP contribution in [0.4, 0.5) is 15.3 Å². The van der Waals surface area contributed by atoms with Crippen LogP contribution in [-0.2, 0) is 70.4 Å². The van der Waals surface area contributed by atoms with Gasteiger partial charge in [0.15, 0.2) is 0 Å². The van der Waals surface area contributed by atoms with Crippen molar-refractivity contribution in [3.63, 3.8) is 0 Å². The molecule has 0 spiro atoms. The number of rotatable bonds is 35. The quantitative estimate of drug-likeness (QED) is 0.0354. The molecule has 1 saturated heterocycles. The monoisotopic (exact) mass is 1210 g/mol. The fourth-order valence-corrected chi connectivity index (χ4v) is 10.7. The molecule has 11 N–H and O–H groups in total. The van der Waals surface area contributed by atoms with Crippen molar-refractivity contribution in [3.8, 4) is 0 Å². The Balaban J connectivity index is 1.72. The number of hydrogen-bond acceptors (Lipinski definition) is 15. The number of carbonyl (C=O) groups excluding carboxylic acids is 9. The third-order valence-electron chi connectivity index (χ3n) is 15.7. The molecule has 0 aromatic heterocycles. The minimum absolute atomic E-state index is 0.0791. The lowest BCUT2D eigenvalue weighted by Gasteiger charge is -2.41. The SMILES string of the molecule is CC[C@H](C)[C@@H]([C@@H](CC(=O)N1CCC[C@H]1[C@H](OC)[C@@H](C)C(=O)N[C@@H](Cc1ccccc1)C(=O)O)OC)N(C)C(=O)[C@@H](NC(=O)[C@H](C(C)C)N(C)C(=O)OCc1ccc(NC(=O)[C@H](CCCNC(N)=O)NC(=O)[C@@H](NC(=O)CON)C(C)C)cc1)C(C)C. The van der Waals surface area contributed by atoms with Crippen molar-refractivity contribution in [2.24, 2.45) is 41.2 Å². The highest BCUT2D eigenvalue weighted by Gasteiger charge is 2.44. The normalized spacial score (nSPS) is 16.7. The van der Waals surface area contributed by atoms with Gasteiger partial charge in [0.05, 0.1) is 36.6 Å². The molecule has 26 nitrogen and oxygen atoms in total. The highest BCUT2D eigenvalue weighted by molar-refractivity contribution is 5.98. The average molecular weight is 1210 g/mol. The maximum atomic E-state index is 14.8. The molecule has 0 saturated carbocycles. The van der Waals surface area contributed by atoms with E-state index in [1.807, 2.05) is 19.9 Å². The molecular formula is C60H95N11O15. The van der Waals surface area contributed by atoms with Crippen LogP contribution in [-0.4, -0.2) is 182 Å². The van der Waals surface area contributed by atoms with Crippen molar-refractivity contribution < 1.29 is 72.1 Å². The summed E-state index contributed by atoms with van der Waals surface area (Å²) in [6, 6.07) is 7.89. The molecule has 0 unspecified atom stereocenters. The number of ether oxygens (including phenoxy) is 3. The first-order valence-electron chi connectivity index (χ1n) is 29.4. The lowest BCUT2D eigenvalue weighted by Crippen LogP contribution is -2.60. The van der Waals surface area contributed by atoms with Crippen molar-refractivity contribution in [1.82, 2.24) is 41.3 Å². The number of primary amides is 1. The number of hydrogen-bond donors (Lipinski definition) is 9. The summed E-state index contributed by atoms with van der Waals surface area (Å²) in [7, 11) is 5.97. The number of carboxylic acid groups (broad SMARTS) is 1. The Hall–Kier alpha value is -7.42. The lowest BCUT2D eigenvalue weighted by atomic mass is 9.89. The van der Waals surface area contributed by atoms with Crippen LogP contribution in [0.3, 0.4) is 0 Å². The van der Waals surface area contributed by atoms with E-state index in [2.05, 4.69) is 36.7 Å². The predicted molar refractivity (Wildman–Crippen MR) is 320 cm³/mol. The third kappa shape index (κ3) is 21.8. The number of likely N-dealkylation sites (N-methyl/N-ethyl adjacent to an activating group) is 2. The second kappa shape index (κ2) is 35.9. The van der Waals surface area contributed by atoms with Crippen LogP contribution in [0.2, 0.25) is 0 Å². The minimum Gasteiger partial charge on any atom is -0.480 e. The summed E-state index contributed by atoms with van der Waals surface area (Å²) in [5, 5.41) is 26.0. The van der Waals surface area contributed by atoms with E-state index in [0.29, 0.717) is 37.1 Å². The summed E-state index contributed by atoms with van der Waals surface area (Å²) in [5.74, 6) is -2.19. The van der Waals surface area contributed by atoms with Gasteiger partial charge in [-0.05, 0) is 72.6 Å². The first-order chi connectivity index (χ1) is 40.6. The second-order valence-corrected chi connectivity index (χ2v) is 23.0. The number of nitrogens with one attached hydrogen (secondary N) is 6. The average Bonchev–Trinajstić information content (AvgIpc) is 2.29. The van der Waals surface area contributed by atoms with Gasteiger partial charge in [-0.3, -0.25) is 43.3 Å². The van der Waals surface area contributed by atoms with Crippen LogP contribution in [0.15, 0.2) is 54.6 Å². The van der Waals surface area contributed by atoms with Gasteiger partial charge in [0.1, 0.15) is 43.4 Å². The number of urea groups is 1. The first kappa shape index (κ1) is 72.8. The predicted octanol–water partition coefficient (Wildman–Crippen LogP) is 3.06. The van der Waals surface area contributed by atoms with Crippen LogP contribution in [0, 0.1) is 29.6 Å². The Morgan fingerprint density at radius 3 is 1.91 bits per heavy atom. The number of likely N-dealkylation sites (tertiary alicyclic amines) is 1. The van der Waals surface area contributed by atoms with E-state index in [0.717, 1.165) is 10.5 Å². The van der Waals surface area contributed by atoms with Gasteiger partial charge < -0.3 is 66.8 Å². The number of carbonyl (C=O) groups is 10. The van der Waals surface area contributed by atoms with E-state index in [4.69, 9.17) is 25.8 Å². The van der Waals surface area contributed by atoms with Crippen molar-refractivity contribution in [2.45, 2.75) is 168 Å². The number of methoxy groups -OCH3 is 2. The number of carboxylic acids is 1. The molecule has 1 aliphatic rings. The van der Waals surface area contributed by atoms with Crippen molar-refractivity contribution in [3.05, 3.63) is 65.7 Å². The molecule has 1 heterocycles. The van der Waals surface area contributed by atoms with Gasteiger partial charge in [-0.15, -0.1) is 0 Å². The molecule has 2 aromatic rings. The highest BCUT2D eigenvalue weighted by atomic mass is 16.6. The molecule has 86 heavy (non-hydrogen) atoms. The van der Waals surface area contributed by atoms with Gasteiger partial charge in [-0.2, -0.15) is 0 Å². The fourth-order valence-electron chi connectivity index (χ4n) is 10.7. The third-order valence-corrected chi connectivity index (χ3v) is 15.7. The zero-order valence-electron chi connectivity index (χ0n) is 52.2. The number of amides is 10. The Morgan fingerprint density at radius 2 is 1.36 bits per heavy atom. The maximum Gasteiger partial charge on any atom is 0.410 e. The summed E-state index contributed by atoms with van der Waals surface area (Å²) in [4.78, 5) is 142. The molecule has 3 rings (SSSR count). The molecule has 480 valence electrons. The highest BCUT2D eigenvalue weighted by Crippen LogP contribution is 2.30. The van der Waals surface area contributed by atoms with E-state index in [9.17, 15) is 53.1 Å². The summed E-state index contributed by atoms with van der Waals surface area (Å²) in [6.07, 6.45) is -0.356. The number of nitrogens with zero attached hydrogens (tertiary/aromatic N) is 3. The van der Waals surface area contributed by atoms with Crippen LogP contribution in [0.25, 0.3) is 0 Å². The van der Waals surface area contributed by atoms with Crippen LogP contribution in [0.1, 0.15) is 112 Å². The smallest absolute Gasteiger partial charge is 0.410 e. The van der Waals surface area contributed by atoms with E-state index >= 15 is 0 Å². The summed E-state index contributed by atoms with van der Waals surface area (Å²) in [5.41, 5.74) is 6.79. The van der Waals surface area contributed by atoms with E-state index in [1.165, 1.54) is 26.2 Å². The molecule has 26 heteroatoms. The topological polar surface area (TPSA) is 362 Å². The van der Waals surface area contributed by atoms with Crippen molar-refractivity contribution in [2.75, 3.05) is 53.3 Å². The van der Waals surface area contributed by atoms with Crippen LogP contribution >= 0.6 is 0 Å². The first-order valence-corrected chi connectivity index (χ1v) is 29.4. The van der Waals surface area contributed by atoms with Gasteiger partial charge in [0.2, 0.25) is 41.4 Å². The fraction of sp³-hybridized carbons (Fsp3) is 0.633. The summed E-state index contributed by atoms with van der Waals surface area (Å²) in [6.45, 7) is 15.8. The molecular weight excluding hydrogens is 1110 g/mol. The van der Waals surface area contributed by atoms with Gasteiger partial charge in [0.25, 0.3) is 0 Å². The maximum absolute atomic E-state index is 14.8. The van der Waals surface area contributed by atoms with E-state index in [1.54, 1.807) is 109 Å². The summed E-state index contributed by atoms with van der Waals surface area (Å²) >= 11 is 0. The Bertz CT molecular complexity index is 2560. The van der Waals surface area contributed by atoms with E-state index in [-0.39, 0.29) is 56.6 Å². The Labute approximate surface area is 505 Å². The molecule has 0 aliphatic carbocycles. The number of nitrogens with two attached hydrogens (primary N) is 2. The van der Waals surface area contributed by atoms with Crippen molar-refractivity contribution in [1.29, 1.82) is 0 Å². The minimum atomic E-state index is -1.19. The number of benzene rings is 2. The molecule has 0 radical (unpaired) electrons. The molecule has 2 aromatic carbocycles. The largest absolute Gasteiger partial charge is 0.480 e. The molecule has 1 fully saturated rings. The Morgan fingerprint density at radius 1 is 0.733 bits per heavy atom. The number of aliphatic carboxylic acids is 1. The van der Waals surface area contributed by atoms with Gasteiger partial charge in [0, 0.05) is 53.5 Å². The van der Waals surface area contributed by atoms with Crippen molar-refractivity contribution >= 4 is 65.1 Å². The van der Waals surface area contributed by atoms with Gasteiger partial charge >= 0.3 is 18.1 Å². The standard InChI is InChI=1S/C60H95N11O15/c1-14-37(8)51(45(83-12)31-47(73)71-29-19-23-44(71)52(84-13)38(9)53(74)66-43(58(79)80)30-39-20-16-15-17-21-39)69(10)57(78)49(35(4)5)68-56(77)50(36(6)7)70(11)60(82)85-32-40-24-26-41(27-25-40)64-54(75)42(22-18-28-63-59(61)81)65-55(76)48(34(2)3)67-46(72)33-86-62/h15-17,20-21,24-27,34-38,42-45,48-52H,14,18-19,22-23,28-33,62H2,1-13H3,(H,64,75)(H,65,76)(H,66,74)(H,67,72)(H,68,77)(H,79,80)(H3,61,63,81)/t37-,38+,42-,43-,44-,45+,48-,49-,50-,51-,52+/m0/s1.